The Hall–Kier alpha value is -2.41. The number of likely N-dealkylation sites (tertiary alicyclic amines) is 1. The second kappa shape index (κ2) is 6.64. The first-order valence-electron chi connectivity index (χ1n) is 8.59. The summed E-state index contributed by atoms with van der Waals surface area (Å²) in [4.78, 5) is 25.4. The molecule has 1 aromatic heterocycles. The van der Waals surface area contributed by atoms with E-state index in [1.165, 1.54) is 4.90 Å². The van der Waals surface area contributed by atoms with Crippen LogP contribution < -0.4 is 0 Å². The largest absolute Gasteiger partial charge is 0.479 e. The summed E-state index contributed by atoms with van der Waals surface area (Å²) in [6.45, 7) is 5.38. The first-order chi connectivity index (χ1) is 12.5. The molecule has 1 N–H and O–H groups in total. The van der Waals surface area contributed by atoms with Gasteiger partial charge in [0.15, 0.2) is 0 Å². The summed E-state index contributed by atoms with van der Waals surface area (Å²) in [5.74, 6) is -2.00. The van der Waals surface area contributed by atoms with Gasteiger partial charge in [0.05, 0.1) is 22.7 Å². The van der Waals surface area contributed by atoms with Gasteiger partial charge in [-0.25, -0.2) is 9.18 Å². The average Bonchev–Trinajstić information content (AvgIpc) is 3.19. The van der Waals surface area contributed by atoms with Gasteiger partial charge < -0.3 is 10.0 Å². The maximum Gasteiger partial charge on any atom is 0.343 e. The summed E-state index contributed by atoms with van der Waals surface area (Å²) < 4.78 is 16.1. The van der Waals surface area contributed by atoms with Crippen molar-refractivity contribution < 1.29 is 19.1 Å². The second-order valence-electron chi connectivity index (χ2n) is 7.73. The molecule has 3 rings (SSSR count). The molecular weight excluding hydrogens is 373 g/mol. The lowest BCUT2D eigenvalue weighted by atomic mass is 10.1. The van der Waals surface area contributed by atoms with Gasteiger partial charge >= 0.3 is 5.97 Å². The lowest BCUT2D eigenvalue weighted by Gasteiger charge is -2.19. The molecule has 0 spiro atoms. The maximum atomic E-state index is 14.4. The summed E-state index contributed by atoms with van der Waals surface area (Å²) in [5, 5.41) is 14.1. The standard InChI is InChI=1S/C19H21ClFN3O3/c1-18(2,3)24-10-13(15(22-24)12-6-4-5-7-14(12)20)16(25)23-9-8-19(21,11-23)17(26)27/h4-7,10H,8-9,11H2,1-3H3,(H,26,27). The Balaban J connectivity index is 2.04. The number of nitrogens with zero attached hydrogens (tertiary/aromatic N) is 3. The van der Waals surface area contributed by atoms with Gasteiger partial charge in [-0.15, -0.1) is 0 Å². The second-order valence-corrected chi connectivity index (χ2v) is 8.14. The van der Waals surface area contributed by atoms with Crippen LogP contribution in [0.4, 0.5) is 4.39 Å². The molecular formula is C19H21ClFN3O3. The predicted octanol–water partition coefficient (Wildman–Crippen LogP) is 3.60. The van der Waals surface area contributed by atoms with Crippen LogP contribution in [-0.4, -0.2) is 50.4 Å². The number of carboxylic acids is 1. The van der Waals surface area contributed by atoms with E-state index < -0.39 is 24.1 Å². The molecule has 8 heteroatoms. The smallest absolute Gasteiger partial charge is 0.343 e. The minimum absolute atomic E-state index is 0.0320. The first kappa shape index (κ1) is 19.4. The summed E-state index contributed by atoms with van der Waals surface area (Å²) >= 11 is 6.29. The van der Waals surface area contributed by atoms with Crippen LogP contribution >= 0.6 is 11.6 Å². The van der Waals surface area contributed by atoms with Gasteiger partial charge in [-0.05, 0) is 26.8 Å². The molecule has 1 aliphatic rings. The highest BCUT2D eigenvalue weighted by Crippen LogP contribution is 2.33. The number of carbonyl (C=O) groups excluding carboxylic acids is 1. The fourth-order valence-electron chi connectivity index (χ4n) is 3.02. The van der Waals surface area contributed by atoms with Crippen molar-refractivity contribution in [1.82, 2.24) is 14.7 Å². The van der Waals surface area contributed by atoms with Crippen LogP contribution in [0.5, 0.6) is 0 Å². The van der Waals surface area contributed by atoms with Crippen LogP contribution in [0.25, 0.3) is 11.3 Å². The highest BCUT2D eigenvalue weighted by molar-refractivity contribution is 6.33. The van der Waals surface area contributed by atoms with Gasteiger partial charge in [0.2, 0.25) is 5.67 Å². The summed E-state index contributed by atoms with van der Waals surface area (Å²) in [6, 6.07) is 7.03. The highest BCUT2D eigenvalue weighted by Gasteiger charge is 2.47. The molecule has 2 heterocycles. The molecule has 0 saturated carbocycles. The molecule has 0 radical (unpaired) electrons. The van der Waals surface area contributed by atoms with E-state index in [-0.39, 0.29) is 24.1 Å². The van der Waals surface area contributed by atoms with Crippen molar-refractivity contribution in [2.45, 2.75) is 38.4 Å². The van der Waals surface area contributed by atoms with Crippen LogP contribution in [0.2, 0.25) is 5.02 Å². The molecule has 0 bridgehead atoms. The Morgan fingerprint density at radius 3 is 2.52 bits per heavy atom. The number of alkyl halides is 1. The average molecular weight is 394 g/mol. The van der Waals surface area contributed by atoms with Gasteiger partial charge in [-0.3, -0.25) is 9.48 Å². The molecule has 27 heavy (non-hydrogen) atoms. The predicted molar refractivity (Wildman–Crippen MR) is 99.7 cm³/mol. The Kier molecular flexibility index (Phi) is 4.76. The lowest BCUT2D eigenvalue weighted by Crippen LogP contribution is -2.39. The minimum atomic E-state index is -2.42. The lowest BCUT2D eigenvalue weighted by molar-refractivity contribution is -0.149. The van der Waals surface area contributed by atoms with Gasteiger partial charge in [0, 0.05) is 24.7 Å². The number of halogens is 2. The molecule has 1 saturated heterocycles. The van der Waals surface area contributed by atoms with Crippen LogP contribution in [-0.2, 0) is 10.3 Å². The Labute approximate surface area is 161 Å². The van der Waals surface area contributed by atoms with E-state index in [4.69, 9.17) is 16.7 Å². The number of rotatable bonds is 3. The van der Waals surface area contributed by atoms with Gasteiger partial charge in [0.1, 0.15) is 5.69 Å². The normalized spacial score (nSPS) is 20.1. The number of carboxylic acid groups (broad SMARTS) is 1. The van der Waals surface area contributed by atoms with E-state index in [2.05, 4.69) is 5.10 Å². The topological polar surface area (TPSA) is 75.4 Å². The van der Waals surface area contributed by atoms with Crippen LogP contribution in [0.1, 0.15) is 37.6 Å². The monoisotopic (exact) mass is 393 g/mol. The van der Waals surface area contributed by atoms with Crippen molar-refractivity contribution in [1.29, 1.82) is 0 Å². The van der Waals surface area contributed by atoms with E-state index in [0.29, 0.717) is 16.3 Å². The van der Waals surface area contributed by atoms with Crippen LogP contribution in [0.15, 0.2) is 30.5 Å². The van der Waals surface area contributed by atoms with Crippen molar-refractivity contribution in [2.24, 2.45) is 0 Å². The molecule has 1 amide bonds. The van der Waals surface area contributed by atoms with E-state index in [1.54, 1.807) is 35.1 Å². The van der Waals surface area contributed by atoms with E-state index in [0.717, 1.165) is 0 Å². The number of aliphatic carboxylic acids is 1. The fraction of sp³-hybridized carbons (Fsp3) is 0.421. The number of carbonyl (C=O) groups is 2. The molecule has 1 fully saturated rings. The number of amides is 1. The van der Waals surface area contributed by atoms with Gasteiger partial charge in [-0.2, -0.15) is 5.10 Å². The summed E-state index contributed by atoms with van der Waals surface area (Å²) in [7, 11) is 0. The highest BCUT2D eigenvalue weighted by atomic mass is 35.5. The third-order valence-electron chi connectivity index (χ3n) is 4.65. The molecule has 6 nitrogen and oxygen atoms in total. The Morgan fingerprint density at radius 2 is 1.96 bits per heavy atom. The molecule has 0 aliphatic carbocycles. The van der Waals surface area contributed by atoms with Crippen molar-refractivity contribution in [3.63, 3.8) is 0 Å². The SMILES string of the molecule is CC(C)(C)n1cc(C(=O)N2CCC(F)(C(=O)O)C2)c(-c2ccccc2Cl)n1. The van der Waals surface area contributed by atoms with Gasteiger partial charge in [-0.1, -0.05) is 29.8 Å². The van der Waals surface area contributed by atoms with E-state index >= 15 is 0 Å². The maximum absolute atomic E-state index is 14.4. The molecule has 1 unspecified atom stereocenters. The van der Waals surface area contributed by atoms with Crippen molar-refractivity contribution >= 4 is 23.5 Å². The van der Waals surface area contributed by atoms with Crippen LogP contribution in [0.3, 0.4) is 0 Å². The zero-order chi connectivity index (χ0) is 20.0. The number of hydrogen-bond donors (Lipinski definition) is 1. The Morgan fingerprint density at radius 1 is 1.30 bits per heavy atom. The van der Waals surface area contributed by atoms with E-state index in [1.807, 2.05) is 20.8 Å². The van der Waals surface area contributed by atoms with E-state index in [9.17, 15) is 14.0 Å². The zero-order valence-corrected chi connectivity index (χ0v) is 16.1. The van der Waals surface area contributed by atoms with Crippen molar-refractivity contribution in [3.8, 4) is 11.3 Å². The summed E-state index contributed by atoms with van der Waals surface area (Å²) in [5.41, 5.74) is -1.54. The molecule has 144 valence electrons. The molecule has 1 aliphatic heterocycles. The molecule has 2 aromatic rings. The minimum Gasteiger partial charge on any atom is -0.479 e. The number of benzene rings is 1. The van der Waals surface area contributed by atoms with Gasteiger partial charge in [0.25, 0.3) is 5.91 Å². The zero-order valence-electron chi connectivity index (χ0n) is 15.4. The van der Waals surface area contributed by atoms with Crippen molar-refractivity contribution in [3.05, 3.63) is 41.0 Å². The molecule has 1 aromatic carbocycles. The molecule has 1 atom stereocenters. The quantitative estimate of drug-likeness (QED) is 0.864. The third kappa shape index (κ3) is 3.56. The fourth-order valence-corrected chi connectivity index (χ4v) is 3.24. The number of hydrogen-bond acceptors (Lipinski definition) is 3. The summed E-state index contributed by atoms with van der Waals surface area (Å²) in [6.07, 6.45) is 1.38. The van der Waals surface area contributed by atoms with Crippen LogP contribution in [0, 0.1) is 0 Å². The number of aromatic nitrogens is 2. The third-order valence-corrected chi connectivity index (χ3v) is 4.98. The van der Waals surface area contributed by atoms with Crippen molar-refractivity contribution in [2.75, 3.05) is 13.1 Å². The first-order valence-corrected chi connectivity index (χ1v) is 8.97. The Bertz CT molecular complexity index is 906.